The summed E-state index contributed by atoms with van der Waals surface area (Å²) in [5.74, 6) is -1.88. The lowest BCUT2D eigenvalue weighted by Crippen LogP contribution is -2.41. The molecule has 31 heavy (non-hydrogen) atoms. The van der Waals surface area contributed by atoms with Crippen LogP contribution in [0.2, 0.25) is 0 Å². The Kier molecular flexibility index (Phi) is 7.01. The summed E-state index contributed by atoms with van der Waals surface area (Å²) in [6.45, 7) is 4.05. The molecule has 1 saturated heterocycles. The van der Waals surface area contributed by atoms with Crippen LogP contribution in [-0.4, -0.2) is 37.0 Å². The first-order valence-corrected chi connectivity index (χ1v) is 11.6. The van der Waals surface area contributed by atoms with Gasteiger partial charge < -0.3 is 10.2 Å². The lowest BCUT2D eigenvalue weighted by atomic mass is 9.74. The smallest absolute Gasteiger partial charge is 0.251 e. The second kappa shape index (κ2) is 9.90. The van der Waals surface area contributed by atoms with Crippen molar-refractivity contribution in [2.45, 2.75) is 56.8 Å². The van der Waals surface area contributed by atoms with Crippen LogP contribution in [-0.2, 0) is 11.8 Å². The number of likely N-dealkylation sites (tertiary alicyclic amines) is 1. The van der Waals surface area contributed by atoms with E-state index in [-0.39, 0.29) is 5.56 Å². The Labute approximate surface area is 183 Å². The minimum atomic E-state index is -0.731. The molecule has 1 aliphatic heterocycles. The van der Waals surface area contributed by atoms with Gasteiger partial charge in [0.05, 0.1) is 0 Å². The molecule has 0 saturated carbocycles. The fraction of sp³-hybridized carbons (Fsp3) is 0.500. The molecule has 1 amide bonds. The molecule has 0 radical (unpaired) electrons. The molecular formula is C26H32F2N2O. The Bertz CT molecular complexity index is 886. The number of benzene rings is 2. The first-order chi connectivity index (χ1) is 15.1. The van der Waals surface area contributed by atoms with Gasteiger partial charge in [0.1, 0.15) is 11.6 Å². The highest BCUT2D eigenvalue weighted by molar-refractivity contribution is 5.94. The zero-order valence-corrected chi connectivity index (χ0v) is 18.1. The molecule has 1 fully saturated rings. The summed E-state index contributed by atoms with van der Waals surface area (Å²) < 4.78 is 26.4. The lowest BCUT2D eigenvalue weighted by molar-refractivity contribution is 0.0952. The predicted molar refractivity (Wildman–Crippen MR) is 119 cm³/mol. The SMILES string of the molecule is O=C(NCCCCCCN1CCC2(CCc3ccccc32)CC1)c1cc(F)cc(F)c1. The summed E-state index contributed by atoms with van der Waals surface area (Å²) in [5.41, 5.74) is 3.63. The Balaban J connectivity index is 1.09. The number of nitrogens with zero attached hydrogens (tertiary/aromatic N) is 1. The third-order valence-corrected chi connectivity index (χ3v) is 7.09. The summed E-state index contributed by atoms with van der Waals surface area (Å²) >= 11 is 0. The van der Waals surface area contributed by atoms with Crippen LogP contribution in [0.15, 0.2) is 42.5 Å². The van der Waals surface area contributed by atoms with Crippen molar-refractivity contribution in [2.75, 3.05) is 26.2 Å². The second-order valence-corrected chi connectivity index (χ2v) is 9.11. The molecular weight excluding hydrogens is 394 g/mol. The molecule has 5 heteroatoms. The van der Waals surface area contributed by atoms with Gasteiger partial charge in [0, 0.05) is 18.2 Å². The van der Waals surface area contributed by atoms with Gasteiger partial charge in [0.2, 0.25) is 0 Å². The normalized spacial score (nSPS) is 17.6. The lowest BCUT2D eigenvalue weighted by Gasteiger charge is -2.40. The van der Waals surface area contributed by atoms with Crippen LogP contribution in [0.1, 0.15) is 66.4 Å². The molecule has 2 aliphatic rings. The Morgan fingerprint density at radius 1 is 0.935 bits per heavy atom. The van der Waals surface area contributed by atoms with Crippen molar-refractivity contribution < 1.29 is 13.6 Å². The van der Waals surface area contributed by atoms with E-state index in [9.17, 15) is 13.6 Å². The molecule has 1 heterocycles. The maximum absolute atomic E-state index is 13.2. The number of unbranched alkanes of at least 4 members (excludes halogenated alkanes) is 3. The van der Waals surface area contributed by atoms with Crippen molar-refractivity contribution in [3.63, 3.8) is 0 Å². The minimum absolute atomic E-state index is 0.0326. The van der Waals surface area contributed by atoms with Gasteiger partial charge in [-0.05, 0) is 86.8 Å². The summed E-state index contributed by atoms with van der Waals surface area (Å²) in [6, 6.07) is 11.9. The number of hydrogen-bond acceptors (Lipinski definition) is 2. The van der Waals surface area contributed by atoms with Gasteiger partial charge in [-0.3, -0.25) is 4.79 Å². The molecule has 166 valence electrons. The molecule has 2 aromatic rings. The van der Waals surface area contributed by atoms with Crippen molar-refractivity contribution in [1.29, 1.82) is 0 Å². The minimum Gasteiger partial charge on any atom is -0.352 e. The standard InChI is InChI=1S/C26H32F2N2O/c27-22-17-21(18-23(28)19-22)25(31)29-13-5-1-2-6-14-30-15-11-26(12-16-30)10-9-20-7-3-4-8-24(20)26/h3-4,7-8,17-19H,1-2,5-6,9-16H2,(H,29,31). The zero-order chi connectivity index (χ0) is 21.7. The Morgan fingerprint density at radius 3 is 2.42 bits per heavy atom. The number of aryl methyl sites for hydroxylation is 1. The average Bonchev–Trinajstić information content (AvgIpc) is 3.12. The number of nitrogens with one attached hydrogen (secondary N) is 1. The maximum Gasteiger partial charge on any atom is 0.251 e. The molecule has 0 unspecified atom stereocenters. The molecule has 2 aromatic carbocycles. The van der Waals surface area contributed by atoms with E-state index >= 15 is 0 Å². The van der Waals surface area contributed by atoms with Crippen LogP contribution in [0.4, 0.5) is 8.78 Å². The molecule has 3 nitrogen and oxygen atoms in total. The van der Waals surface area contributed by atoms with Crippen LogP contribution in [0.3, 0.4) is 0 Å². The Morgan fingerprint density at radius 2 is 1.65 bits per heavy atom. The molecule has 0 bridgehead atoms. The zero-order valence-electron chi connectivity index (χ0n) is 18.1. The number of fused-ring (bicyclic) bond motifs is 2. The summed E-state index contributed by atoms with van der Waals surface area (Å²) in [6.07, 6.45) is 9.33. The van der Waals surface area contributed by atoms with Crippen LogP contribution in [0.25, 0.3) is 0 Å². The quantitative estimate of drug-likeness (QED) is 0.586. The van der Waals surface area contributed by atoms with Gasteiger partial charge in [-0.25, -0.2) is 8.78 Å². The van der Waals surface area contributed by atoms with Gasteiger partial charge in [0.25, 0.3) is 5.91 Å². The highest BCUT2D eigenvalue weighted by Gasteiger charge is 2.40. The summed E-state index contributed by atoms with van der Waals surface area (Å²) in [5, 5.41) is 2.75. The summed E-state index contributed by atoms with van der Waals surface area (Å²) in [4.78, 5) is 14.6. The van der Waals surface area contributed by atoms with Gasteiger partial charge in [-0.2, -0.15) is 0 Å². The largest absolute Gasteiger partial charge is 0.352 e. The van der Waals surface area contributed by atoms with Gasteiger partial charge in [-0.1, -0.05) is 37.1 Å². The van der Waals surface area contributed by atoms with Crippen molar-refractivity contribution in [3.05, 3.63) is 70.8 Å². The third kappa shape index (κ3) is 5.32. The predicted octanol–water partition coefficient (Wildman–Crippen LogP) is 5.24. The van der Waals surface area contributed by atoms with E-state index in [0.29, 0.717) is 12.0 Å². The number of rotatable bonds is 8. The van der Waals surface area contributed by atoms with E-state index < -0.39 is 17.5 Å². The van der Waals surface area contributed by atoms with E-state index in [2.05, 4.69) is 34.5 Å². The number of carbonyl (C=O) groups excluding carboxylic acids is 1. The van der Waals surface area contributed by atoms with E-state index in [4.69, 9.17) is 0 Å². The van der Waals surface area contributed by atoms with Crippen molar-refractivity contribution in [3.8, 4) is 0 Å². The first-order valence-electron chi connectivity index (χ1n) is 11.6. The number of hydrogen-bond donors (Lipinski definition) is 1. The van der Waals surface area contributed by atoms with Crippen molar-refractivity contribution in [2.24, 2.45) is 0 Å². The molecule has 4 rings (SSSR count). The molecule has 0 atom stereocenters. The van der Waals surface area contributed by atoms with Crippen LogP contribution in [0.5, 0.6) is 0 Å². The van der Waals surface area contributed by atoms with Crippen LogP contribution < -0.4 is 5.32 Å². The summed E-state index contributed by atoms with van der Waals surface area (Å²) in [7, 11) is 0. The van der Waals surface area contributed by atoms with E-state index in [1.807, 2.05) is 0 Å². The van der Waals surface area contributed by atoms with Crippen LogP contribution >= 0.6 is 0 Å². The highest BCUT2D eigenvalue weighted by Crippen LogP contribution is 2.46. The number of piperidine rings is 1. The number of amides is 1. The number of carbonyl (C=O) groups is 1. The topological polar surface area (TPSA) is 32.3 Å². The fourth-order valence-corrected chi connectivity index (χ4v) is 5.29. The molecule has 1 N–H and O–H groups in total. The van der Waals surface area contributed by atoms with E-state index in [1.54, 1.807) is 11.1 Å². The average molecular weight is 427 g/mol. The van der Waals surface area contributed by atoms with Crippen LogP contribution in [0, 0.1) is 11.6 Å². The highest BCUT2D eigenvalue weighted by atomic mass is 19.1. The molecule has 0 aromatic heterocycles. The van der Waals surface area contributed by atoms with Gasteiger partial charge in [0.15, 0.2) is 0 Å². The van der Waals surface area contributed by atoms with E-state index in [0.717, 1.165) is 44.0 Å². The third-order valence-electron chi connectivity index (χ3n) is 7.09. The second-order valence-electron chi connectivity index (χ2n) is 9.11. The van der Waals surface area contributed by atoms with E-state index in [1.165, 1.54) is 45.2 Å². The van der Waals surface area contributed by atoms with Gasteiger partial charge >= 0.3 is 0 Å². The maximum atomic E-state index is 13.2. The van der Waals surface area contributed by atoms with Crippen molar-refractivity contribution in [1.82, 2.24) is 10.2 Å². The molecule has 1 aliphatic carbocycles. The first kappa shape index (κ1) is 21.9. The molecule has 1 spiro atoms. The fourth-order valence-electron chi connectivity index (χ4n) is 5.29. The van der Waals surface area contributed by atoms with Crippen molar-refractivity contribution >= 4 is 5.91 Å². The van der Waals surface area contributed by atoms with Gasteiger partial charge in [-0.15, -0.1) is 0 Å². The monoisotopic (exact) mass is 426 g/mol. The number of halogens is 2. The Hall–Kier alpha value is -2.27.